The number of anilines is 1. The minimum atomic E-state index is -0.940. The number of aliphatic carboxylic acids is 1. The highest BCUT2D eigenvalue weighted by Gasteiger charge is 2.29. The van der Waals surface area contributed by atoms with Crippen molar-refractivity contribution in [3.8, 4) is 11.1 Å². The Morgan fingerprint density at radius 3 is 2.24 bits per heavy atom. The number of carboxylic acids is 1. The van der Waals surface area contributed by atoms with Crippen LogP contribution in [0.25, 0.3) is 11.1 Å². The van der Waals surface area contributed by atoms with Crippen molar-refractivity contribution in [2.75, 3.05) is 11.9 Å². The lowest BCUT2D eigenvalue weighted by molar-refractivity contribution is -0.136. The van der Waals surface area contributed by atoms with Gasteiger partial charge in [0, 0.05) is 24.1 Å². The molecule has 1 atom stereocenters. The first-order valence-electron chi connectivity index (χ1n) is 11.1. The van der Waals surface area contributed by atoms with Crippen molar-refractivity contribution < 1.29 is 24.2 Å². The Balaban J connectivity index is 1.28. The Hall–Kier alpha value is -4.13. The van der Waals surface area contributed by atoms with Crippen LogP contribution < -0.4 is 10.6 Å². The van der Waals surface area contributed by atoms with Crippen molar-refractivity contribution in [1.82, 2.24) is 5.32 Å². The predicted octanol–water partition coefficient (Wildman–Crippen LogP) is 4.57. The number of rotatable bonds is 8. The molecule has 174 valence electrons. The summed E-state index contributed by atoms with van der Waals surface area (Å²) in [5, 5.41) is 14.4. The third kappa shape index (κ3) is 5.43. The molecule has 2 amide bonds. The van der Waals surface area contributed by atoms with Gasteiger partial charge in [-0.15, -0.1) is 0 Å². The minimum absolute atomic E-state index is 0.0326. The summed E-state index contributed by atoms with van der Waals surface area (Å²) in [6.45, 7) is 1.93. The maximum absolute atomic E-state index is 12.4. The maximum Gasteiger partial charge on any atom is 0.407 e. The topological polar surface area (TPSA) is 105 Å². The molecule has 3 aromatic carbocycles. The van der Waals surface area contributed by atoms with Crippen LogP contribution in [0.2, 0.25) is 0 Å². The number of nitrogens with one attached hydrogen (secondary N) is 2. The van der Waals surface area contributed by atoms with Crippen LogP contribution in [0.3, 0.4) is 0 Å². The number of benzene rings is 3. The molecule has 1 aliphatic rings. The summed E-state index contributed by atoms with van der Waals surface area (Å²) in [4.78, 5) is 35.6. The number of carbonyl (C=O) groups is 3. The van der Waals surface area contributed by atoms with Crippen molar-refractivity contribution >= 4 is 23.7 Å². The molecule has 0 radical (unpaired) electrons. The SMILES string of the molecule is C[C@@H](CC(=O)Nc1cccc(CC(=O)O)c1)NC(=O)OCC1c2ccccc2-c2ccccc21. The van der Waals surface area contributed by atoms with Crippen molar-refractivity contribution in [3.05, 3.63) is 89.5 Å². The van der Waals surface area contributed by atoms with Gasteiger partial charge in [0.1, 0.15) is 6.61 Å². The molecular formula is C27H26N2O5. The normalized spacial score (nSPS) is 12.9. The summed E-state index contributed by atoms with van der Waals surface area (Å²) in [6, 6.07) is 22.5. The number of hydrogen-bond donors (Lipinski definition) is 3. The van der Waals surface area contributed by atoms with Gasteiger partial charge in [0.25, 0.3) is 0 Å². The van der Waals surface area contributed by atoms with E-state index in [1.54, 1.807) is 31.2 Å². The molecule has 3 aromatic rings. The summed E-state index contributed by atoms with van der Waals surface area (Å²) < 4.78 is 5.53. The fourth-order valence-corrected chi connectivity index (χ4v) is 4.32. The molecule has 0 spiro atoms. The Morgan fingerprint density at radius 2 is 1.59 bits per heavy atom. The zero-order chi connectivity index (χ0) is 24.1. The first kappa shape index (κ1) is 23.0. The molecule has 0 saturated heterocycles. The molecule has 34 heavy (non-hydrogen) atoms. The van der Waals surface area contributed by atoms with E-state index < -0.39 is 18.1 Å². The number of fused-ring (bicyclic) bond motifs is 3. The maximum atomic E-state index is 12.4. The molecule has 0 fully saturated rings. The predicted molar refractivity (Wildman–Crippen MR) is 129 cm³/mol. The van der Waals surface area contributed by atoms with Gasteiger partial charge in [-0.25, -0.2) is 4.79 Å². The van der Waals surface area contributed by atoms with E-state index >= 15 is 0 Å². The van der Waals surface area contributed by atoms with Gasteiger partial charge >= 0.3 is 12.1 Å². The Kier molecular flexibility index (Phi) is 6.92. The minimum Gasteiger partial charge on any atom is -0.481 e. The fraction of sp³-hybridized carbons (Fsp3) is 0.222. The van der Waals surface area contributed by atoms with E-state index in [0.29, 0.717) is 11.3 Å². The first-order chi connectivity index (χ1) is 16.4. The molecule has 0 aromatic heterocycles. The lowest BCUT2D eigenvalue weighted by Gasteiger charge is -2.17. The number of carboxylic acid groups (broad SMARTS) is 1. The Labute approximate surface area is 197 Å². The van der Waals surface area contributed by atoms with Gasteiger partial charge in [-0.3, -0.25) is 9.59 Å². The molecule has 0 bridgehead atoms. The third-order valence-corrected chi connectivity index (χ3v) is 5.77. The van der Waals surface area contributed by atoms with E-state index in [2.05, 4.69) is 34.9 Å². The summed E-state index contributed by atoms with van der Waals surface area (Å²) in [5.74, 6) is -1.27. The Morgan fingerprint density at radius 1 is 0.941 bits per heavy atom. The molecular weight excluding hydrogens is 432 g/mol. The summed E-state index contributed by atoms with van der Waals surface area (Å²) in [7, 11) is 0. The van der Waals surface area contributed by atoms with Crippen molar-refractivity contribution in [2.24, 2.45) is 0 Å². The van der Waals surface area contributed by atoms with Crippen LogP contribution in [-0.4, -0.2) is 35.7 Å². The van der Waals surface area contributed by atoms with Gasteiger partial charge in [0.2, 0.25) is 5.91 Å². The van der Waals surface area contributed by atoms with Crippen molar-refractivity contribution in [2.45, 2.75) is 31.7 Å². The highest BCUT2D eigenvalue weighted by atomic mass is 16.5. The van der Waals surface area contributed by atoms with Crippen LogP contribution in [0.1, 0.15) is 36.0 Å². The van der Waals surface area contributed by atoms with E-state index in [0.717, 1.165) is 22.3 Å². The van der Waals surface area contributed by atoms with E-state index in [1.165, 1.54) is 0 Å². The summed E-state index contributed by atoms with van der Waals surface area (Å²) >= 11 is 0. The van der Waals surface area contributed by atoms with Crippen LogP contribution in [0.5, 0.6) is 0 Å². The number of amides is 2. The number of ether oxygens (including phenoxy) is 1. The van der Waals surface area contributed by atoms with E-state index in [9.17, 15) is 14.4 Å². The second-order valence-electron chi connectivity index (χ2n) is 8.39. The van der Waals surface area contributed by atoms with Gasteiger partial charge in [-0.05, 0) is 46.9 Å². The highest BCUT2D eigenvalue weighted by Crippen LogP contribution is 2.44. The zero-order valence-electron chi connectivity index (χ0n) is 18.8. The lowest BCUT2D eigenvalue weighted by Crippen LogP contribution is -2.36. The molecule has 3 N–H and O–H groups in total. The summed E-state index contributed by atoms with van der Waals surface area (Å²) in [5.41, 5.74) is 5.68. The van der Waals surface area contributed by atoms with Crippen LogP contribution in [0, 0.1) is 0 Å². The largest absolute Gasteiger partial charge is 0.481 e. The van der Waals surface area contributed by atoms with E-state index in [-0.39, 0.29) is 31.3 Å². The molecule has 4 rings (SSSR count). The molecule has 7 nitrogen and oxygen atoms in total. The number of hydrogen-bond acceptors (Lipinski definition) is 4. The molecule has 0 heterocycles. The second-order valence-corrected chi connectivity index (χ2v) is 8.39. The van der Waals surface area contributed by atoms with Gasteiger partial charge in [0.15, 0.2) is 0 Å². The van der Waals surface area contributed by atoms with Crippen molar-refractivity contribution in [1.29, 1.82) is 0 Å². The molecule has 1 aliphatic carbocycles. The third-order valence-electron chi connectivity index (χ3n) is 5.77. The number of alkyl carbamates (subject to hydrolysis) is 1. The van der Waals surface area contributed by atoms with Gasteiger partial charge in [-0.1, -0.05) is 60.7 Å². The van der Waals surface area contributed by atoms with E-state index in [4.69, 9.17) is 9.84 Å². The van der Waals surface area contributed by atoms with Crippen LogP contribution in [0.15, 0.2) is 72.8 Å². The summed E-state index contributed by atoms with van der Waals surface area (Å²) in [6.07, 6.45) is -0.651. The van der Waals surface area contributed by atoms with E-state index in [1.807, 2.05) is 24.3 Å². The first-order valence-corrected chi connectivity index (χ1v) is 11.1. The van der Waals surface area contributed by atoms with Gasteiger partial charge in [-0.2, -0.15) is 0 Å². The van der Waals surface area contributed by atoms with Crippen molar-refractivity contribution in [3.63, 3.8) is 0 Å². The highest BCUT2D eigenvalue weighted by molar-refractivity contribution is 5.91. The van der Waals surface area contributed by atoms with Gasteiger partial charge in [0.05, 0.1) is 6.42 Å². The fourth-order valence-electron chi connectivity index (χ4n) is 4.32. The average molecular weight is 459 g/mol. The van der Waals surface area contributed by atoms with Crippen LogP contribution in [-0.2, 0) is 20.7 Å². The smallest absolute Gasteiger partial charge is 0.407 e. The van der Waals surface area contributed by atoms with Gasteiger partial charge < -0.3 is 20.5 Å². The molecule has 0 unspecified atom stereocenters. The van der Waals surface area contributed by atoms with Crippen LogP contribution in [0.4, 0.5) is 10.5 Å². The second kappa shape index (κ2) is 10.2. The number of carbonyl (C=O) groups excluding carboxylic acids is 2. The Bertz CT molecular complexity index is 1180. The standard InChI is InChI=1S/C27H26N2O5/c1-17(13-25(30)29-19-8-6-7-18(14-19)15-26(31)32)28-27(33)34-16-24-22-11-4-2-9-20(22)21-10-3-5-12-23(21)24/h2-12,14,17,24H,13,15-16H2,1H3,(H,28,33)(H,29,30)(H,31,32)/t17-/m0/s1. The van der Waals surface area contributed by atoms with Crippen LogP contribution >= 0.6 is 0 Å². The molecule has 7 heteroatoms. The monoisotopic (exact) mass is 458 g/mol. The molecule has 0 saturated carbocycles. The lowest BCUT2D eigenvalue weighted by atomic mass is 9.98. The quantitative estimate of drug-likeness (QED) is 0.459. The molecule has 0 aliphatic heterocycles. The zero-order valence-corrected chi connectivity index (χ0v) is 18.8. The average Bonchev–Trinajstić information content (AvgIpc) is 3.11.